The zero-order valence-electron chi connectivity index (χ0n) is 13.8. The van der Waals surface area contributed by atoms with Gasteiger partial charge in [0.05, 0.1) is 18.5 Å². The number of hydrogen-bond donors (Lipinski definition) is 1. The van der Waals surface area contributed by atoms with E-state index in [-0.39, 0.29) is 5.91 Å². The van der Waals surface area contributed by atoms with Crippen LogP contribution in [0.3, 0.4) is 0 Å². The van der Waals surface area contributed by atoms with Crippen LogP contribution in [0, 0.1) is 0 Å². The number of hydrogen-bond acceptors (Lipinski definition) is 4. The van der Waals surface area contributed by atoms with E-state index in [0.717, 1.165) is 35.8 Å². The summed E-state index contributed by atoms with van der Waals surface area (Å²) in [5.74, 6) is 1.81. The summed E-state index contributed by atoms with van der Waals surface area (Å²) >= 11 is 0. The Balaban J connectivity index is 1.54. The fraction of sp³-hybridized carbons (Fsp3) is 0.316. The third kappa shape index (κ3) is 3.79. The van der Waals surface area contributed by atoms with Gasteiger partial charge in [0.15, 0.2) is 0 Å². The molecule has 1 amide bonds. The molecule has 1 heterocycles. The number of nitrogens with zero attached hydrogens (tertiary/aromatic N) is 1. The maximum absolute atomic E-state index is 12.0. The smallest absolute Gasteiger partial charge is 0.227 e. The lowest BCUT2D eigenvalue weighted by molar-refractivity contribution is -0.117. The van der Waals surface area contributed by atoms with E-state index in [1.807, 2.05) is 53.4 Å². The first-order chi connectivity index (χ1) is 11.8. The van der Waals surface area contributed by atoms with E-state index in [1.54, 1.807) is 7.11 Å². The Kier molecular flexibility index (Phi) is 5.21. The van der Waals surface area contributed by atoms with Gasteiger partial charge in [-0.25, -0.2) is 0 Å². The van der Waals surface area contributed by atoms with Crippen molar-refractivity contribution in [3.8, 4) is 11.5 Å². The highest BCUT2D eigenvalue weighted by molar-refractivity contribution is 5.98. The third-order valence-electron chi connectivity index (χ3n) is 4.01. The average molecular weight is 326 g/mol. The second kappa shape index (κ2) is 7.73. The van der Waals surface area contributed by atoms with E-state index in [4.69, 9.17) is 9.47 Å². The van der Waals surface area contributed by atoms with Crippen LogP contribution in [0.2, 0.25) is 0 Å². The monoisotopic (exact) mass is 326 g/mol. The van der Waals surface area contributed by atoms with E-state index >= 15 is 0 Å². The minimum Gasteiger partial charge on any atom is -0.497 e. The summed E-state index contributed by atoms with van der Waals surface area (Å²) in [4.78, 5) is 13.8. The molecular formula is C19H22N2O3. The van der Waals surface area contributed by atoms with Crippen molar-refractivity contribution in [1.82, 2.24) is 0 Å². The molecule has 3 rings (SSSR count). The van der Waals surface area contributed by atoms with Crippen LogP contribution in [0.4, 0.5) is 11.4 Å². The van der Waals surface area contributed by atoms with Crippen molar-refractivity contribution in [2.75, 3.05) is 37.0 Å². The maximum Gasteiger partial charge on any atom is 0.227 e. The van der Waals surface area contributed by atoms with Crippen molar-refractivity contribution >= 4 is 17.3 Å². The number of methoxy groups -OCH3 is 1. The van der Waals surface area contributed by atoms with Gasteiger partial charge in [-0.05, 0) is 42.8 Å². The van der Waals surface area contributed by atoms with Crippen LogP contribution >= 0.6 is 0 Å². The summed E-state index contributed by atoms with van der Waals surface area (Å²) in [5.41, 5.74) is 1.91. The van der Waals surface area contributed by atoms with Gasteiger partial charge in [-0.1, -0.05) is 12.1 Å². The molecule has 1 aliphatic heterocycles. The van der Waals surface area contributed by atoms with Crippen molar-refractivity contribution in [1.29, 1.82) is 0 Å². The number of carbonyl (C=O) groups is 1. The molecule has 126 valence electrons. The lowest BCUT2D eigenvalue weighted by Crippen LogP contribution is -2.25. The molecule has 1 N–H and O–H groups in total. The Hall–Kier alpha value is -2.69. The molecule has 1 aliphatic rings. The lowest BCUT2D eigenvalue weighted by atomic mass is 10.2. The van der Waals surface area contributed by atoms with Gasteiger partial charge in [-0.2, -0.15) is 0 Å². The zero-order valence-corrected chi connectivity index (χ0v) is 13.8. The number of nitrogens with one attached hydrogen (secondary N) is 1. The summed E-state index contributed by atoms with van der Waals surface area (Å²) in [5, 5.41) is 3.36. The van der Waals surface area contributed by atoms with Gasteiger partial charge in [0.2, 0.25) is 5.91 Å². The fourth-order valence-electron chi connectivity index (χ4n) is 2.79. The number of benzene rings is 2. The molecule has 5 heteroatoms. The highest BCUT2D eigenvalue weighted by atomic mass is 16.5. The van der Waals surface area contributed by atoms with E-state index in [1.165, 1.54) is 0 Å². The highest BCUT2D eigenvalue weighted by Gasteiger charge is 2.23. The van der Waals surface area contributed by atoms with Crippen molar-refractivity contribution in [2.24, 2.45) is 0 Å². The number of para-hydroxylation sites is 2. The average Bonchev–Trinajstić information content (AvgIpc) is 3.05. The normalized spacial score (nSPS) is 13.9. The molecule has 0 spiro atoms. The van der Waals surface area contributed by atoms with Crippen LogP contribution in [0.1, 0.15) is 12.8 Å². The molecule has 0 atom stereocenters. The van der Waals surface area contributed by atoms with Crippen molar-refractivity contribution < 1.29 is 14.3 Å². The van der Waals surface area contributed by atoms with Gasteiger partial charge in [-0.3, -0.25) is 4.79 Å². The van der Waals surface area contributed by atoms with E-state index in [2.05, 4.69) is 5.32 Å². The molecule has 1 fully saturated rings. The number of carbonyl (C=O) groups excluding carboxylic acids is 1. The first kappa shape index (κ1) is 16.2. The number of anilines is 2. The molecule has 0 aromatic heterocycles. The van der Waals surface area contributed by atoms with E-state index in [0.29, 0.717) is 19.6 Å². The van der Waals surface area contributed by atoms with Crippen LogP contribution in [0.5, 0.6) is 11.5 Å². The Bertz CT molecular complexity index is 685. The van der Waals surface area contributed by atoms with E-state index in [9.17, 15) is 4.79 Å². The second-order valence-electron chi connectivity index (χ2n) is 5.62. The molecule has 2 aromatic carbocycles. The van der Waals surface area contributed by atoms with E-state index < -0.39 is 0 Å². The molecule has 0 radical (unpaired) electrons. The molecule has 0 bridgehead atoms. The van der Waals surface area contributed by atoms with Crippen LogP contribution in [0.25, 0.3) is 0 Å². The second-order valence-corrected chi connectivity index (χ2v) is 5.62. The lowest BCUT2D eigenvalue weighted by Gasteiger charge is -2.20. The Morgan fingerprint density at radius 3 is 2.54 bits per heavy atom. The highest BCUT2D eigenvalue weighted by Crippen LogP contribution is 2.29. The molecular weight excluding hydrogens is 304 g/mol. The summed E-state index contributed by atoms with van der Waals surface area (Å²) in [6, 6.07) is 15.4. The molecule has 1 saturated heterocycles. The quantitative estimate of drug-likeness (QED) is 0.793. The van der Waals surface area contributed by atoms with Gasteiger partial charge in [0, 0.05) is 19.5 Å². The molecule has 5 nitrogen and oxygen atoms in total. The predicted molar refractivity (Wildman–Crippen MR) is 95.0 cm³/mol. The van der Waals surface area contributed by atoms with Gasteiger partial charge in [0.1, 0.15) is 18.1 Å². The Labute approximate surface area is 142 Å². The van der Waals surface area contributed by atoms with Crippen LogP contribution in [-0.2, 0) is 4.79 Å². The Morgan fingerprint density at radius 2 is 1.83 bits per heavy atom. The largest absolute Gasteiger partial charge is 0.497 e. The Morgan fingerprint density at radius 1 is 1.08 bits per heavy atom. The summed E-state index contributed by atoms with van der Waals surface area (Å²) < 4.78 is 10.8. The van der Waals surface area contributed by atoms with Crippen molar-refractivity contribution in [2.45, 2.75) is 12.8 Å². The summed E-state index contributed by atoms with van der Waals surface area (Å²) in [6.45, 7) is 1.99. The topological polar surface area (TPSA) is 50.8 Å². The van der Waals surface area contributed by atoms with Crippen molar-refractivity contribution in [3.05, 3.63) is 48.5 Å². The van der Waals surface area contributed by atoms with Crippen LogP contribution in [-0.4, -0.2) is 32.7 Å². The zero-order chi connectivity index (χ0) is 16.8. The molecule has 2 aromatic rings. The van der Waals surface area contributed by atoms with Gasteiger partial charge in [0.25, 0.3) is 0 Å². The number of ether oxygens (including phenoxy) is 2. The molecule has 0 saturated carbocycles. The summed E-state index contributed by atoms with van der Waals surface area (Å²) in [6.07, 6.45) is 1.56. The minimum absolute atomic E-state index is 0.193. The van der Waals surface area contributed by atoms with Crippen LogP contribution in [0.15, 0.2) is 48.5 Å². The SMILES string of the molecule is COc1ccc(OCCNc2ccccc2N2CCCC2=O)cc1. The fourth-order valence-corrected chi connectivity index (χ4v) is 2.79. The summed E-state index contributed by atoms with van der Waals surface area (Å²) in [7, 11) is 1.64. The first-order valence-corrected chi connectivity index (χ1v) is 8.18. The molecule has 24 heavy (non-hydrogen) atoms. The maximum atomic E-state index is 12.0. The molecule has 0 unspecified atom stereocenters. The standard InChI is InChI=1S/C19H22N2O3/c1-23-15-8-10-16(11-9-15)24-14-12-20-17-5-2-3-6-18(17)21-13-4-7-19(21)22/h2-3,5-6,8-11,20H,4,7,12-14H2,1H3. The third-order valence-corrected chi connectivity index (χ3v) is 4.01. The van der Waals surface area contributed by atoms with Gasteiger partial charge in [-0.15, -0.1) is 0 Å². The van der Waals surface area contributed by atoms with Crippen LogP contribution < -0.4 is 19.7 Å². The van der Waals surface area contributed by atoms with Crippen molar-refractivity contribution in [3.63, 3.8) is 0 Å². The first-order valence-electron chi connectivity index (χ1n) is 8.18. The van der Waals surface area contributed by atoms with Gasteiger partial charge >= 0.3 is 0 Å². The molecule has 0 aliphatic carbocycles. The minimum atomic E-state index is 0.193. The predicted octanol–water partition coefficient (Wildman–Crippen LogP) is 3.31. The number of amides is 1. The van der Waals surface area contributed by atoms with Gasteiger partial charge < -0.3 is 19.7 Å². The number of rotatable bonds is 7.